The van der Waals surface area contributed by atoms with Gasteiger partial charge in [0.1, 0.15) is 5.75 Å². The molecule has 1 aliphatic rings. The van der Waals surface area contributed by atoms with Crippen molar-refractivity contribution in [3.8, 4) is 17.2 Å². The van der Waals surface area contributed by atoms with Crippen LogP contribution in [0.3, 0.4) is 0 Å². The van der Waals surface area contributed by atoms with Gasteiger partial charge in [-0.15, -0.1) is 10.2 Å². The van der Waals surface area contributed by atoms with Crippen molar-refractivity contribution >= 4 is 5.95 Å². The third-order valence-electron chi connectivity index (χ3n) is 4.15. The topological polar surface area (TPSA) is 77.2 Å². The number of hydrogen-bond acceptors (Lipinski definition) is 7. The van der Waals surface area contributed by atoms with E-state index < -0.39 is 0 Å². The summed E-state index contributed by atoms with van der Waals surface area (Å²) >= 11 is 0. The van der Waals surface area contributed by atoms with Crippen LogP contribution in [0.4, 0.5) is 5.95 Å². The smallest absolute Gasteiger partial charge is 0.247 e. The first-order valence-corrected chi connectivity index (χ1v) is 7.83. The van der Waals surface area contributed by atoms with Crippen molar-refractivity contribution in [2.75, 3.05) is 25.1 Å². The molecule has 0 spiro atoms. The fraction of sp³-hybridized carbons (Fsp3) is 0.294. The minimum absolute atomic E-state index is 0.202. The molecule has 0 amide bonds. The summed E-state index contributed by atoms with van der Waals surface area (Å²) in [5.41, 5.74) is 0.885. The molecule has 0 N–H and O–H groups in total. The number of ether oxygens (including phenoxy) is 1. The third-order valence-corrected chi connectivity index (χ3v) is 4.15. The van der Waals surface area contributed by atoms with E-state index in [1.807, 2.05) is 30.3 Å². The molecule has 122 valence electrons. The number of aromatic nitrogens is 4. The van der Waals surface area contributed by atoms with Crippen LogP contribution in [0.2, 0.25) is 0 Å². The second-order valence-corrected chi connectivity index (χ2v) is 5.65. The molecule has 3 heterocycles. The number of benzene rings is 1. The second-order valence-electron chi connectivity index (χ2n) is 5.65. The molecule has 0 radical (unpaired) electrons. The van der Waals surface area contributed by atoms with E-state index >= 15 is 0 Å². The van der Waals surface area contributed by atoms with Crippen LogP contribution >= 0.6 is 0 Å². The minimum atomic E-state index is 0.202. The largest absolute Gasteiger partial charge is 0.497 e. The monoisotopic (exact) mass is 323 g/mol. The van der Waals surface area contributed by atoms with E-state index in [0.29, 0.717) is 11.8 Å². The van der Waals surface area contributed by atoms with E-state index in [1.165, 1.54) is 0 Å². The van der Waals surface area contributed by atoms with Gasteiger partial charge in [0.15, 0.2) is 0 Å². The normalized spacial score (nSPS) is 17.2. The van der Waals surface area contributed by atoms with E-state index in [9.17, 15) is 0 Å². The standard InChI is InChI=1S/C17H17N5O2/c1-23-14-5-3-12(4-6-14)15-20-21-16(24-15)13-7-10-22(11-13)17-18-8-2-9-19-17/h2-6,8-9,13H,7,10-11H2,1H3. The first kappa shape index (κ1) is 14.6. The Hall–Kier alpha value is -2.96. The van der Waals surface area contributed by atoms with Crippen LogP contribution in [0, 0.1) is 0 Å². The summed E-state index contributed by atoms with van der Waals surface area (Å²) in [4.78, 5) is 10.7. The minimum Gasteiger partial charge on any atom is -0.497 e. The molecule has 3 aromatic rings. The first-order chi connectivity index (χ1) is 11.8. The van der Waals surface area contributed by atoms with Gasteiger partial charge >= 0.3 is 0 Å². The van der Waals surface area contributed by atoms with Gasteiger partial charge in [0.05, 0.1) is 13.0 Å². The molecule has 1 fully saturated rings. The molecule has 2 aromatic heterocycles. The van der Waals surface area contributed by atoms with Gasteiger partial charge in [-0.2, -0.15) is 0 Å². The highest BCUT2D eigenvalue weighted by Crippen LogP contribution is 2.30. The Morgan fingerprint density at radius 1 is 1.12 bits per heavy atom. The van der Waals surface area contributed by atoms with Gasteiger partial charge in [-0.25, -0.2) is 9.97 Å². The maximum absolute atomic E-state index is 5.88. The van der Waals surface area contributed by atoms with Crippen LogP contribution in [-0.4, -0.2) is 40.4 Å². The quantitative estimate of drug-likeness (QED) is 0.730. The molecular formula is C17H17N5O2. The van der Waals surface area contributed by atoms with Gasteiger partial charge in [0, 0.05) is 31.0 Å². The van der Waals surface area contributed by atoms with Crippen LogP contribution in [0.5, 0.6) is 5.75 Å². The van der Waals surface area contributed by atoms with Gasteiger partial charge < -0.3 is 14.1 Å². The molecular weight excluding hydrogens is 306 g/mol. The summed E-state index contributed by atoms with van der Waals surface area (Å²) in [6, 6.07) is 9.40. The Labute approximate surface area is 139 Å². The number of methoxy groups -OCH3 is 1. The van der Waals surface area contributed by atoms with Crippen molar-refractivity contribution in [2.24, 2.45) is 0 Å². The predicted molar refractivity (Wildman–Crippen MR) is 87.9 cm³/mol. The average Bonchev–Trinajstić information content (AvgIpc) is 3.32. The Morgan fingerprint density at radius 3 is 2.67 bits per heavy atom. The summed E-state index contributed by atoms with van der Waals surface area (Å²) in [5, 5.41) is 8.41. The average molecular weight is 323 g/mol. The molecule has 0 aliphatic carbocycles. The zero-order chi connectivity index (χ0) is 16.4. The third kappa shape index (κ3) is 2.80. The molecule has 24 heavy (non-hydrogen) atoms. The lowest BCUT2D eigenvalue weighted by Gasteiger charge is -2.14. The van der Waals surface area contributed by atoms with Gasteiger partial charge in [0.2, 0.25) is 17.7 Å². The van der Waals surface area contributed by atoms with Crippen molar-refractivity contribution in [1.29, 1.82) is 0 Å². The zero-order valence-electron chi connectivity index (χ0n) is 13.3. The van der Waals surface area contributed by atoms with E-state index in [1.54, 1.807) is 19.5 Å². The van der Waals surface area contributed by atoms with Crippen molar-refractivity contribution in [2.45, 2.75) is 12.3 Å². The zero-order valence-corrected chi connectivity index (χ0v) is 13.3. The van der Waals surface area contributed by atoms with Gasteiger partial charge in [-0.1, -0.05) is 0 Å². The van der Waals surface area contributed by atoms with Crippen molar-refractivity contribution < 1.29 is 9.15 Å². The van der Waals surface area contributed by atoms with E-state index in [4.69, 9.17) is 9.15 Å². The number of anilines is 1. The molecule has 0 saturated carbocycles. The Bertz CT molecular complexity index is 803. The molecule has 1 aromatic carbocycles. The number of hydrogen-bond donors (Lipinski definition) is 0. The maximum Gasteiger partial charge on any atom is 0.247 e. The molecule has 1 atom stereocenters. The van der Waals surface area contributed by atoms with Crippen LogP contribution < -0.4 is 9.64 Å². The SMILES string of the molecule is COc1ccc(-c2nnc(C3CCN(c4ncccn4)C3)o2)cc1. The first-order valence-electron chi connectivity index (χ1n) is 7.83. The molecule has 7 nitrogen and oxygen atoms in total. The lowest BCUT2D eigenvalue weighted by atomic mass is 10.1. The van der Waals surface area contributed by atoms with Gasteiger partial charge in [0.25, 0.3) is 0 Å². The Kier molecular flexibility index (Phi) is 3.82. The van der Waals surface area contributed by atoms with Crippen LogP contribution in [-0.2, 0) is 0 Å². The highest BCUT2D eigenvalue weighted by Gasteiger charge is 2.29. The van der Waals surface area contributed by atoms with Gasteiger partial charge in [-0.3, -0.25) is 0 Å². The van der Waals surface area contributed by atoms with Gasteiger partial charge in [-0.05, 0) is 36.8 Å². The second kappa shape index (κ2) is 6.27. The number of nitrogens with zero attached hydrogens (tertiary/aromatic N) is 5. The highest BCUT2D eigenvalue weighted by molar-refractivity contribution is 5.54. The molecule has 0 bridgehead atoms. The van der Waals surface area contributed by atoms with Crippen LogP contribution in [0.1, 0.15) is 18.2 Å². The van der Waals surface area contributed by atoms with Crippen molar-refractivity contribution in [3.63, 3.8) is 0 Å². The fourth-order valence-corrected chi connectivity index (χ4v) is 2.85. The fourth-order valence-electron chi connectivity index (χ4n) is 2.85. The van der Waals surface area contributed by atoms with Crippen LogP contribution in [0.15, 0.2) is 47.1 Å². The van der Waals surface area contributed by atoms with E-state index in [2.05, 4.69) is 25.1 Å². The Morgan fingerprint density at radius 2 is 1.92 bits per heavy atom. The van der Waals surface area contributed by atoms with E-state index in [-0.39, 0.29) is 5.92 Å². The van der Waals surface area contributed by atoms with Crippen LogP contribution in [0.25, 0.3) is 11.5 Å². The maximum atomic E-state index is 5.88. The molecule has 1 saturated heterocycles. The van der Waals surface area contributed by atoms with Crippen molar-refractivity contribution in [1.82, 2.24) is 20.2 Å². The summed E-state index contributed by atoms with van der Waals surface area (Å²) in [6.45, 7) is 1.67. The summed E-state index contributed by atoms with van der Waals surface area (Å²) in [5.74, 6) is 2.94. The molecule has 1 aliphatic heterocycles. The lowest BCUT2D eigenvalue weighted by molar-refractivity contribution is 0.414. The number of rotatable bonds is 4. The Balaban J connectivity index is 1.49. The summed E-state index contributed by atoms with van der Waals surface area (Å²) < 4.78 is 11.0. The molecule has 7 heteroatoms. The predicted octanol–water partition coefficient (Wildman–Crippen LogP) is 2.53. The molecule has 1 unspecified atom stereocenters. The molecule has 4 rings (SSSR count). The van der Waals surface area contributed by atoms with Crippen molar-refractivity contribution in [3.05, 3.63) is 48.6 Å². The van der Waals surface area contributed by atoms with E-state index in [0.717, 1.165) is 36.8 Å². The lowest BCUT2D eigenvalue weighted by Crippen LogP contribution is -2.21. The highest BCUT2D eigenvalue weighted by atomic mass is 16.5. The summed E-state index contributed by atoms with van der Waals surface area (Å²) in [7, 11) is 1.64. The summed E-state index contributed by atoms with van der Waals surface area (Å²) in [6.07, 6.45) is 4.46.